The third-order valence-corrected chi connectivity index (χ3v) is 4.75. The lowest BCUT2D eigenvalue weighted by molar-refractivity contribution is -0.119. The second-order valence-electron chi connectivity index (χ2n) is 4.96. The molecule has 0 saturated heterocycles. The van der Waals surface area contributed by atoms with E-state index in [1.807, 2.05) is 29.8 Å². The topological polar surface area (TPSA) is 46.9 Å². The first-order valence-corrected chi connectivity index (χ1v) is 8.45. The quantitative estimate of drug-likeness (QED) is 0.825. The number of amides is 1. The van der Waals surface area contributed by atoms with Crippen LogP contribution in [0.15, 0.2) is 23.4 Å². The van der Waals surface area contributed by atoms with Gasteiger partial charge in [0.15, 0.2) is 5.16 Å². The molecule has 2 rings (SSSR count). The molecule has 21 heavy (non-hydrogen) atoms. The molecule has 0 unspecified atom stereocenters. The Morgan fingerprint density at radius 1 is 1.43 bits per heavy atom. The molecule has 0 radical (unpaired) electrons. The predicted molar refractivity (Wildman–Crippen MR) is 89.0 cm³/mol. The molecular formula is C15H20ClN3OS. The highest BCUT2D eigenvalue weighted by Crippen LogP contribution is 2.24. The Morgan fingerprint density at radius 3 is 2.81 bits per heavy atom. The van der Waals surface area contributed by atoms with Gasteiger partial charge in [-0.3, -0.25) is 4.79 Å². The molecular weight excluding hydrogens is 306 g/mol. The third kappa shape index (κ3) is 3.92. The fraction of sp³-hybridized carbons (Fsp3) is 0.467. The number of nitrogens with one attached hydrogen (secondary N) is 1. The van der Waals surface area contributed by atoms with E-state index in [0.717, 1.165) is 29.0 Å². The van der Waals surface area contributed by atoms with Crippen LogP contribution in [-0.2, 0) is 11.8 Å². The SMILES string of the molecule is CCC(CC)NC(=O)CSc1nc2cc(Cl)ccc2n1C. The van der Waals surface area contributed by atoms with Crippen molar-refractivity contribution in [2.45, 2.75) is 37.9 Å². The Morgan fingerprint density at radius 2 is 2.14 bits per heavy atom. The molecule has 0 spiro atoms. The van der Waals surface area contributed by atoms with Crippen molar-refractivity contribution in [3.05, 3.63) is 23.2 Å². The van der Waals surface area contributed by atoms with Crippen molar-refractivity contribution < 1.29 is 4.79 Å². The van der Waals surface area contributed by atoms with Gasteiger partial charge in [-0.05, 0) is 31.0 Å². The second kappa shape index (κ2) is 7.18. The largest absolute Gasteiger partial charge is 0.353 e. The van der Waals surface area contributed by atoms with E-state index in [4.69, 9.17) is 11.6 Å². The van der Waals surface area contributed by atoms with Gasteiger partial charge in [-0.15, -0.1) is 0 Å². The Hall–Kier alpha value is -1.20. The van der Waals surface area contributed by atoms with Crippen molar-refractivity contribution in [1.82, 2.24) is 14.9 Å². The first kappa shape index (κ1) is 16.2. The number of benzene rings is 1. The number of imidazole rings is 1. The lowest BCUT2D eigenvalue weighted by Crippen LogP contribution is -2.35. The van der Waals surface area contributed by atoms with Gasteiger partial charge >= 0.3 is 0 Å². The summed E-state index contributed by atoms with van der Waals surface area (Å²) in [5.41, 5.74) is 1.87. The van der Waals surface area contributed by atoms with E-state index in [2.05, 4.69) is 24.1 Å². The number of hydrogen-bond donors (Lipinski definition) is 1. The number of nitrogens with zero attached hydrogens (tertiary/aromatic N) is 2. The number of hydrogen-bond acceptors (Lipinski definition) is 3. The van der Waals surface area contributed by atoms with Crippen LogP contribution >= 0.6 is 23.4 Å². The maximum atomic E-state index is 11.9. The van der Waals surface area contributed by atoms with Crippen molar-refractivity contribution in [2.75, 3.05) is 5.75 Å². The van der Waals surface area contributed by atoms with Crippen molar-refractivity contribution in [1.29, 1.82) is 0 Å². The average Bonchev–Trinajstić information content (AvgIpc) is 2.78. The summed E-state index contributed by atoms with van der Waals surface area (Å²) >= 11 is 7.42. The van der Waals surface area contributed by atoms with Crippen LogP contribution < -0.4 is 5.32 Å². The molecule has 0 aliphatic carbocycles. The summed E-state index contributed by atoms with van der Waals surface area (Å²) < 4.78 is 1.99. The Bertz CT molecular complexity index is 637. The van der Waals surface area contributed by atoms with E-state index in [1.165, 1.54) is 11.8 Å². The number of carbonyl (C=O) groups excluding carboxylic acids is 1. The van der Waals surface area contributed by atoms with Gasteiger partial charge < -0.3 is 9.88 Å². The number of carbonyl (C=O) groups is 1. The summed E-state index contributed by atoms with van der Waals surface area (Å²) in [4.78, 5) is 16.5. The smallest absolute Gasteiger partial charge is 0.230 e. The van der Waals surface area contributed by atoms with Crippen molar-refractivity contribution in [3.63, 3.8) is 0 Å². The molecule has 6 heteroatoms. The van der Waals surface area contributed by atoms with E-state index >= 15 is 0 Å². The molecule has 0 aliphatic heterocycles. The third-order valence-electron chi connectivity index (χ3n) is 3.48. The molecule has 0 fully saturated rings. The number of halogens is 1. The molecule has 0 bridgehead atoms. The van der Waals surface area contributed by atoms with Gasteiger partial charge in [0.2, 0.25) is 5.91 Å². The van der Waals surface area contributed by atoms with Gasteiger partial charge in [-0.2, -0.15) is 0 Å². The Kier molecular flexibility index (Phi) is 5.53. The summed E-state index contributed by atoms with van der Waals surface area (Å²) in [7, 11) is 1.95. The van der Waals surface area contributed by atoms with Crippen LogP contribution in [0.25, 0.3) is 11.0 Å². The zero-order chi connectivity index (χ0) is 15.4. The molecule has 1 N–H and O–H groups in total. The normalized spacial score (nSPS) is 11.3. The fourth-order valence-corrected chi connectivity index (χ4v) is 3.14. The summed E-state index contributed by atoms with van der Waals surface area (Å²) in [5.74, 6) is 0.431. The molecule has 0 atom stereocenters. The van der Waals surface area contributed by atoms with Crippen LogP contribution in [0.2, 0.25) is 5.02 Å². The molecule has 1 aromatic carbocycles. The zero-order valence-corrected chi connectivity index (χ0v) is 14.1. The van der Waals surface area contributed by atoms with Crippen molar-refractivity contribution in [2.24, 2.45) is 7.05 Å². The Labute approximate surface area is 134 Å². The van der Waals surface area contributed by atoms with Gasteiger partial charge in [0.1, 0.15) is 0 Å². The van der Waals surface area contributed by atoms with Crippen LogP contribution in [0.3, 0.4) is 0 Å². The van der Waals surface area contributed by atoms with Gasteiger partial charge in [-0.25, -0.2) is 4.98 Å². The van der Waals surface area contributed by atoms with Gasteiger partial charge in [0, 0.05) is 18.1 Å². The minimum absolute atomic E-state index is 0.0544. The molecule has 0 saturated carbocycles. The van der Waals surface area contributed by atoms with E-state index in [1.54, 1.807) is 0 Å². The van der Waals surface area contributed by atoms with Gasteiger partial charge in [0.25, 0.3) is 0 Å². The molecule has 1 heterocycles. The van der Waals surface area contributed by atoms with Crippen molar-refractivity contribution in [3.8, 4) is 0 Å². The highest BCUT2D eigenvalue weighted by atomic mass is 35.5. The number of aromatic nitrogens is 2. The molecule has 1 amide bonds. The van der Waals surface area contributed by atoms with Crippen LogP contribution in [-0.4, -0.2) is 27.3 Å². The van der Waals surface area contributed by atoms with Crippen molar-refractivity contribution >= 4 is 40.3 Å². The minimum Gasteiger partial charge on any atom is -0.353 e. The monoisotopic (exact) mass is 325 g/mol. The standard InChI is InChI=1S/C15H20ClN3OS/c1-4-11(5-2)17-14(20)9-21-15-18-12-8-10(16)6-7-13(12)19(15)3/h6-8,11H,4-5,9H2,1-3H3,(H,17,20). The summed E-state index contributed by atoms with van der Waals surface area (Å²) in [5, 5.41) is 4.53. The zero-order valence-electron chi connectivity index (χ0n) is 12.5. The fourth-order valence-electron chi connectivity index (χ4n) is 2.17. The number of fused-ring (bicyclic) bond motifs is 1. The first-order valence-electron chi connectivity index (χ1n) is 7.09. The predicted octanol–water partition coefficient (Wildman–Crippen LogP) is 3.62. The van der Waals surface area contributed by atoms with E-state index in [-0.39, 0.29) is 11.9 Å². The number of thioether (sulfide) groups is 1. The van der Waals surface area contributed by atoms with Crippen LogP contribution in [0.4, 0.5) is 0 Å². The van der Waals surface area contributed by atoms with Gasteiger partial charge in [0.05, 0.1) is 16.8 Å². The second-order valence-corrected chi connectivity index (χ2v) is 6.33. The summed E-state index contributed by atoms with van der Waals surface area (Å²) in [6.45, 7) is 4.16. The minimum atomic E-state index is 0.0544. The lowest BCUT2D eigenvalue weighted by atomic mass is 10.2. The number of rotatable bonds is 6. The maximum Gasteiger partial charge on any atom is 0.230 e. The van der Waals surface area contributed by atoms with Gasteiger partial charge in [-0.1, -0.05) is 37.2 Å². The van der Waals surface area contributed by atoms with Crippen LogP contribution in [0.1, 0.15) is 26.7 Å². The van der Waals surface area contributed by atoms with E-state index < -0.39 is 0 Å². The highest BCUT2D eigenvalue weighted by Gasteiger charge is 2.12. The molecule has 0 aliphatic rings. The molecule has 1 aromatic heterocycles. The highest BCUT2D eigenvalue weighted by molar-refractivity contribution is 7.99. The number of aryl methyl sites for hydroxylation is 1. The summed E-state index contributed by atoms with van der Waals surface area (Å²) in [6, 6.07) is 5.89. The average molecular weight is 326 g/mol. The van der Waals surface area contributed by atoms with E-state index in [0.29, 0.717) is 10.8 Å². The lowest BCUT2D eigenvalue weighted by Gasteiger charge is -2.14. The maximum absolute atomic E-state index is 11.9. The van der Waals surface area contributed by atoms with Crippen LogP contribution in [0, 0.1) is 0 Å². The molecule has 114 valence electrons. The van der Waals surface area contributed by atoms with E-state index in [9.17, 15) is 4.79 Å². The first-order chi connectivity index (χ1) is 10.0. The van der Waals surface area contributed by atoms with Crippen LogP contribution in [0.5, 0.6) is 0 Å². The molecule has 2 aromatic rings. The molecule has 4 nitrogen and oxygen atoms in total. The Balaban J connectivity index is 2.03. The summed E-state index contributed by atoms with van der Waals surface area (Å²) in [6.07, 6.45) is 1.91.